The van der Waals surface area contributed by atoms with Gasteiger partial charge in [0, 0.05) is 4.88 Å². The second-order valence-electron chi connectivity index (χ2n) is 6.39. The third-order valence-electron chi connectivity index (χ3n) is 3.76. The minimum absolute atomic E-state index is 0.271. The van der Waals surface area contributed by atoms with Crippen molar-refractivity contribution in [3.8, 4) is 0 Å². The molecule has 0 aliphatic heterocycles. The first-order valence-electron chi connectivity index (χ1n) is 7.05. The molecule has 21 heavy (non-hydrogen) atoms. The normalized spacial score (nSPS) is 15.5. The third kappa shape index (κ3) is 3.11. The zero-order valence-corrected chi connectivity index (χ0v) is 13.7. The van der Waals surface area contributed by atoms with E-state index in [4.69, 9.17) is 10.5 Å². The molecule has 1 aliphatic rings. The first-order valence-corrected chi connectivity index (χ1v) is 7.86. The largest absolute Gasteiger partial charge is 0.465 e. The summed E-state index contributed by atoms with van der Waals surface area (Å²) in [5, 5.41) is 3.38. The lowest BCUT2D eigenvalue weighted by Gasteiger charge is -2.25. The Morgan fingerprint density at radius 1 is 1.33 bits per heavy atom. The molecule has 1 heterocycles. The molecule has 2 rings (SSSR count). The van der Waals surface area contributed by atoms with Crippen LogP contribution in [0.15, 0.2) is 0 Å². The molecule has 1 amide bonds. The van der Waals surface area contributed by atoms with Crippen LogP contribution in [0.3, 0.4) is 0 Å². The maximum absolute atomic E-state index is 12.3. The van der Waals surface area contributed by atoms with Crippen molar-refractivity contribution in [2.75, 3.05) is 12.4 Å². The van der Waals surface area contributed by atoms with Crippen molar-refractivity contribution in [1.82, 2.24) is 0 Å². The van der Waals surface area contributed by atoms with E-state index < -0.39 is 12.0 Å². The average molecular weight is 310 g/mol. The second-order valence-corrected chi connectivity index (χ2v) is 7.49. The second kappa shape index (κ2) is 5.77. The highest BCUT2D eigenvalue weighted by Gasteiger charge is 2.31. The Balaban J connectivity index is 2.29. The molecule has 1 aromatic rings. The van der Waals surface area contributed by atoms with E-state index in [1.165, 1.54) is 18.4 Å². The number of amides is 1. The average Bonchev–Trinajstić information content (AvgIpc) is 2.95. The first kappa shape index (κ1) is 16.0. The van der Waals surface area contributed by atoms with Crippen LogP contribution in [0.5, 0.6) is 0 Å². The fourth-order valence-electron chi connectivity index (χ4n) is 2.39. The molecule has 0 saturated heterocycles. The van der Waals surface area contributed by atoms with E-state index in [9.17, 15) is 9.59 Å². The molecule has 116 valence electrons. The fraction of sp³-hybridized carbons (Fsp3) is 0.600. The Bertz CT molecular complexity index is 572. The molecular formula is C15H22N2O3S. The smallest absolute Gasteiger partial charge is 0.341 e. The number of esters is 1. The van der Waals surface area contributed by atoms with Crippen molar-refractivity contribution in [2.45, 2.75) is 46.1 Å². The summed E-state index contributed by atoms with van der Waals surface area (Å²) in [5.41, 5.74) is 7.15. The van der Waals surface area contributed by atoms with E-state index in [0.29, 0.717) is 10.6 Å². The number of rotatable bonds is 3. The number of hydrogen-bond acceptors (Lipinski definition) is 5. The molecule has 3 N–H and O–H groups in total. The molecular weight excluding hydrogens is 288 g/mol. The summed E-state index contributed by atoms with van der Waals surface area (Å²) >= 11 is 1.46. The first-order chi connectivity index (χ1) is 9.75. The van der Waals surface area contributed by atoms with Gasteiger partial charge in [-0.2, -0.15) is 0 Å². The number of ether oxygens (including phenoxy) is 1. The van der Waals surface area contributed by atoms with Gasteiger partial charge in [0.05, 0.1) is 18.7 Å². The van der Waals surface area contributed by atoms with Gasteiger partial charge in [0.15, 0.2) is 0 Å². The van der Waals surface area contributed by atoms with Gasteiger partial charge in [0.1, 0.15) is 5.00 Å². The number of nitrogens with one attached hydrogen (secondary N) is 1. The van der Waals surface area contributed by atoms with Crippen LogP contribution in [0, 0.1) is 5.41 Å². The Morgan fingerprint density at radius 3 is 2.57 bits per heavy atom. The summed E-state index contributed by atoms with van der Waals surface area (Å²) in [5.74, 6) is -0.665. The van der Waals surface area contributed by atoms with Crippen molar-refractivity contribution in [3.63, 3.8) is 0 Å². The monoisotopic (exact) mass is 310 g/mol. The van der Waals surface area contributed by atoms with E-state index in [-0.39, 0.29) is 11.3 Å². The van der Waals surface area contributed by atoms with Crippen LogP contribution >= 0.6 is 11.3 Å². The SMILES string of the molecule is COC(=O)c1c(NC(=O)[C@@H](N)C(C)(C)C)sc2c1CCC2. The highest BCUT2D eigenvalue weighted by atomic mass is 32.1. The van der Waals surface area contributed by atoms with Gasteiger partial charge in [-0.3, -0.25) is 4.79 Å². The van der Waals surface area contributed by atoms with E-state index in [2.05, 4.69) is 5.32 Å². The van der Waals surface area contributed by atoms with E-state index in [1.807, 2.05) is 20.8 Å². The lowest BCUT2D eigenvalue weighted by atomic mass is 9.87. The van der Waals surface area contributed by atoms with E-state index in [0.717, 1.165) is 29.7 Å². The minimum Gasteiger partial charge on any atom is -0.465 e. The Labute approximate surface area is 128 Å². The Morgan fingerprint density at radius 2 is 2.00 bits per heavy atom. The van der Waals surface area contributed by atoms with E-state index in [1.54, 1.807) is 0 Å². The number of methoxy groups -OCH3 is 1. The van der Waals surface area contributed by atoms with Crippen molar-refractivity contribution in [1.29, 1.82) is 0 Å². The molecule has 0 bridgehead atoms. The number of fused-ring (bicyclic) bond motifs is 1. The van der Waals surface area contributed by atoms with Gasteiger partial charge in [0.2, 0.25) is 5.91 Å². The summed E-state index contributed by atoms with van der Waals surface area (Å²) in [7, 11) is 1.35. The fourth-order valence-corrected chi connectivity index (χ4v) is 3.67. The van der Waals surface area contributed by atoms with Gasteiger partial charge < -0.3 is 15.8 Å². The quantitative estimate of drug-likeness (QED) is 0.840. The number of carbonyl (C=O) groups is 2. The number of thiophene rings is 1. The summed E-state index contributed by atoms with van der Waals surface area (Å²) in [6.07, 6.45) is 2.85. The van der Waals surface area contributed by atoms with Crippen molar-refractivity contribution >= 4 is 28.2 Å². The number of hydrogen-bond donors (Lipinski definition) is 2. The predicted molar refractivity (Wildman–Crippen MR) is 83.7 cm³/mol. The van der Waals surface area contributed by atoms with Crippen LogP contribution in [0.1, 0.15) is 48.0 Å². The zero-order chi connectivity index (χ0) is 15.8. The third-order valence-corrected chi connectivity index (χ3v) is 4.97. The van der Waals surface area contributed by atoms with Crippen LogP contribution in [0.4, 0.5) is 5.00 Å². The Hall–Kier alpha value is -1.40. The van der Waals surface area contributed by atoms with Crippen molar-refractivity contribution < 1.29 is 14.3 Å². The Kier molecular flexibility index (Phi) is 4.39. The lowest BCUT2D eigenvalue weighted by Crippen LogP contribution is -2.45. The predicted octanol–water partition coefficient (Wildman–Crippen LogP) is 2.34. The van der Waals surface area contributed by atoms with Crippen molar-refractivity contribution in [3.05, 3.63) is 16.0 Å². The maximum atomic E-state index is 12.3. The molecule has 1 atom stereocenters. The van der Waals surface area contributed by atoms with Crippen LogP contribution in [0.25, 0.3) is 0 Å². The maximum Gasteiger partial charge on any atom is 0.341 e. The lowest BCUT2D eigenvalue weighted by molar-refractivity contribution is -0.119. The van der Waals surface area contributed by atoms with Gasteiger partial charge in [0.25, 0.3) is 0 Å². The number of aryl methyl sites for hydroxylation is 1. The summed E-state index contributed by atoms with van der Waals surface area (Å²) in [6, 6.07) is -0.639. The topological polar surface area (TPSA) is 81.4 Å². The molecule has 0 unspecified atom stereocenters. The molecule has 0 radical (unpaired) electrons. The molecule has 0 aromatic carbocycles. The standard InChI is InChI=1S/C15H22N2O3S/c1-15(2,3)11(16)12(18)17-13-10(14(19)20-4)8-6-5-7-9(8)21-13/h11H,5-7,16H2,1-4H3,(H,17,18)/t11-/m1/s1. The molecule has 5 nitrogen and oxygen atoms in total. The number of anilines is 1. The summed E-state index contributed by atoms with van der Waals surface area (Å²) in [4.78, 5) is 25.4. The minimum atomic E-state index is -0.639. The van der Waals surface area contributed by atoms with Gasteiger partial charge >= 0.3 is 5.97 Å². The summed E-state index contributed by atoms with van der Waals surface area (Å²) in [6.45, 7) is 5.73. The van der Waals surface area contributed by atoms with Gasteiger partial charge in [-0.05, 0) is 30.2 Å². The van der Waals surface area contributed by atoms with Gasteiger partial charge in [-0.25, -0.2) is 4.79 Å². The molecule has 6 heteroatoms. The zero-order valence-electron chi connectivity index (χ0n) is 12.9. The van der Waals surface area contributed by atoms with Crippen LogP contribution in [-0.2, 0) is 22.4 Å². The van der Waals surface area contributed by atoms with Gasteiger partial charge in [-0.15, -0.1) is 11.3 Å². The highest BCUT2D eigenvalue weighted by molar-refractivity contribution is 7.17. The molecule has 1 aliphatic carbocycles. The van der Waals surface area contributed by atoms with Gasteiger partial charge in [-0.1, -0.05) is 20.8 Å². The van der Waals surface area contributed by atoms with Crippen LogP contribution < -0.4 is 11.1 Å². The molecule has 0 spiro atoms. The number of nitrogens with two attached hydrogens (primary N) is 1. The molecule has 0 fully saturated rings. The summed E-state index contributed by atoms with van der Waals surface area (Å²) < 4.78 is 4.86. The molecule has 0 saturated carbocycles. The van der Waals surface area contributed by atoms with Crippen molar-refractivity contribution in [2.24, 2.45) is 11.1 Å². The number of carbonyl (C=O) groups excluding carboxylic acids is 2. The van der Waals surface area contributed by atoms with E-state index >= 15 is 0 Å². The molecule has 1 aromatic heterocycles. The highest BCUT2D eigenvalue weighted by Crippen LogP contribution is 2.39. The van der Waals surface area contributed by atoms with Crippen LogP contribution in [0.2, 0.25) is 0 Å². The van der Waals surface area contributed by atoms with Crippen LogP contribution in [-0.4, -0.2) is 25.0 Å².